The number of fused-ring (bicyclic) bond motifs is 5. The van der Waals surface area contributed by atoms with Crippen molar-refractivity contribution in [1.29, 1.82) is 0 Å². The lowest BCUT2D eigenvalue weighted by molar-refractivity contribution is -0.196. The summed E-state index contributed by atoms with van der Waals surface area (Å²) in [4.78, 5) is 51.9. The third-order valence-electron chi connectivity index (χ3n) is 9.07. The summed E-state index contributed by atoms with van der Waals surface area (Å²) in [5.74, 6) is -1.83. The van der Waals surface area contributed by atoms with Gasteiger partial charge in [-0.25, -0.2) is 0 Å². The summed E-state index contributed by atoms with van der Waals surface area (Å²) < 4.78 is 6.00. The van der Waals surface area contributed by atoms with Gasteiger partial charge >= 0.3 is 5.97 Å². The number of allylic oxidation sites excluding steroid dienone is 4. The number of aliphatic hydroxyl groups is 1. The highest BCUT2D eigenvalue weighted by molar-refractivity contribution is 9.09. The number of carbonyl (C=O) groups is 4. The standard InChI is InChI=1S/C26H33BrO6/c1-5-6-21(32)33-26(20(31)13-28)14(2)9-17-22-18(27)11-15-10-16(29)7-8-24(15,3)23(22)19(30)12-25(17,26)4/h7-8,10,14,17-18,22-23,28H,5-6,9,11-13H2,1-4H3/t14-,17+,18-,22-,23+,24+,25+,26-/m1/s1. The van der Waals surface area contributed by atoms with Gasteiger partial charge in [-0.3, -0.25) is 19.2 Å². The number of ketones is 3. The minimum atomic E-state index is -1.53. The lowest BCUT2D eigenvalue weighted by Crippen LogP contribution is -2.64. The Balaban J connectivity index is 1.83. The van der Waals surface area contributed by atoms with Crippen molar-refractivity contribution in [2.24, 2.45) is 34.5 Å². The SMILES string of the molecule is CCCC(=O)O[C@@]1(C(=O)CO)[C@H](C)C[C@H]2[C@@H]3[C@H](Br)CC4=CC(=O)C=C[C@]4(C)[C@H]3C(=O)C[C@@]21C. The van der Waals surface area contributed by atoms with Crippen molar-refractivity contribution in [3.8, 4) is 0 Å². The fourth-order valence-electron chi connectivity index (χ4n) is 7.69. The Morgan fingerprint density at radius 3 is 2.61 bits per heavy atom. The molecule has 0 amide bonds. The molecule has 8 atom stereocenters. The van der Waals surface area contributed by atoms with Crippen LogP contribution in [-0.2, 0) is 23.9 Å². The largest absolute Gasteiger partial charge is 0.450 e. The van der Waals surface area contributed by atoms with E-state index in [4.69, 9.17) is 4.74 Å². The first-order valence-electron chi connectivity index (χ1n) is 11.9. The van der Waals surface area contributed by atoms with Gasteiger partial charge in [0.15, 0.2) is 11.4 Å². The van der Waals surface area contributed by atoms with Crippen molar-refractivity contribution >= 4 is 39.2 Å². The number of hydrogen-bond donors (Lipinski definition) is 1. The molecule has 0 aromatic heterocycles. The Labute approximate surface area is 203 Å². The van der Waals surface area contributed by atoms with Crippen LogP contribution in [0.3, 0.4) is 0 Å². The number of halogens is 1. The maximum absolute atomic E-state index is 13.9. The van der Waals surface area contributed by atoms with E-state index in [-0.39, 0.29) is 52.9 Å². The average molecular weight is 521 g/mol. The number of carbonyl (C=O) groups excluding carboxylic acids is 4. The molecule has 6 nitrogen and oxygen atoms in total. The normalized spacial score (nSPS) is 43.9. The van der Waals surface area contributed by atoms with Crippen LogP contribution in [0.15, 0.2) is 23.8 Å². The monoisotopic (exact) mass is 520 g/mol. The highest BCUT2D eigenvalue weighted by Crippen LogP contribution is 2.69. The fourth-order valence-corrected chi connectivity index (χ4v) is 8.71. The van der Waals surface area contributed by atoms with E-state index in [1.165, 1.54) is 0 Å². The molecule has 0 spiro atoms. The van der Waals surface area contributed by atoms with Crippen LogP contribution in [0.5, 0.6) is 0 Å². The van der Waals surface area contributed by atoms with Gasteiger partial charge < -0.3 is 9.84 Å². The Morgan fingerprint density at radius 1 is 1.27 bits per heavy atom. The molecule has 0 aromatic rings. The topological polar surface area (TPSA) is 97.7 Å². The Hall–Kier alpha value is -1.60. The van der Waals surface area contributed by atoms with Gasteiger partial charge in [-0.15, -0.1) is 0 Å². The van der Waals surface area contributed by atoms with Crippen LogP contribution in [0.2, 0.25) is 0 Å². The third kappa shape index (κ3) is 3.28. The smallest absolute Gasteiger partial charge is 0.306 e. The van der Waals surface area contributed by atoms with Gasteiger partial charge in [-0.05, 0) is 43.3 Å². The minimum Gasteiger partial charge on any atom is -0.450 e. The number of hydrogen-bond acceptors (Lipinski definition) is 6. The van der Waals surface area contributed by atoms with Crippen molar-refractivity contribution in [2.75, 3.05) is 6.61 Å². The van der Waals surface area contributed by atoms with Crippen molar-refractivity contribution in [2.45, 2.75) is 70.2 Å². The summed E-state index contributed by atoms with van der Waals surface area (Å²) in [6, 6.07) is 0. The van der Waals surface area contributed by atoms with E-state index in [1.54, 1.807) is 12.2 Å². The Kier molecular flexibility index (Phi) is 6.14. The second kappa shape index (κ2) is 8.26. The molecule has 4 aliphatic rings. The molecular weight excluding hydrogens is 488 g/mol. The molecule has 0 heterocycles. The average Bonchev–Trinajstić information content (AvgIpc) is 2.96. The number of ether oxygens (including phenoxy) is 1. The second-order valence-corrected chi connectivity index (χ2v) is 12.0. The first kappa shape index (κ1) is 24.5. The molecule has 0 aromatic carbocycles. The van der Waals surface area contributed by atoms with Crippen LogP contribution in [0.25, 0.3) is 0 Å². The van der Waals surface area contributed by atoms with Crippen molar-refractivity contribution in [3.63, 3.8) is 0 Å². The second-order valence-electron chi connectivity index (χ2n) is 10.8. The molecule has 3 fully saturated rings. The van der Waals surface area contributed by atoms with Gasteiger partial charge in [0, 0.05) is 40.3 Å². The first-order chi connectivity index (χ1) is 15.5. The summed E-state index contributed by atoms with van der Waals surface area (Å²) >= 11 is 3.84. The zero-order valence-corrected chi connectivity index (χ0v) is 21.3. The number of aliphatic hydroxyl groups excluding tert-OH is 1. The molecule has 3 saturated carbocycles. The summed E-state index contributed by atoms with van der Waals surface area (Å²) in [6.45, 7) is 6.96. The zero-order chi connectivity index (χ0) is 24.3. The van der Waals surface area contributed by atoms with Crippen LogP contribution >= 0.6 is 15.9 Å². The van der Waals surface area contributed by atoms with Crippen LogP contribution < -0.4 is 0 Å². The molecule has 0 unspecified atom stereocenters. The van der Waals surface area contributed by atoms with E-state index in [1.807, 2.05) is 33.8 Å². The first-order valence-corrected chi connectivity index (χ1v) is 12.8. The number of alkyl halides is 1. The van der Waals surface area contributed by atoms with Gasteiger partial charge in [0.2, 0.25) is 5.78 Å². The fraction of sp³-hybridized carbons (Fsp3) is 0.692. The quantitative estimate of drug-likeness (QED) is 0.438. The molecule has 180 valence electrons. The summed E-state index contributed by atoms with van der Waals surface area (Å²) in [7, 11) is 0. The predicted octanol–water partition coefficient (Wildman–Crippen LogP) is 3.74. The van der Waals surface area contributed by atoms with Gasteiger partial charge in [0.05, 0.1) is 0 Å². The van der Waals surface area contributed by atoms with Gasteiger partial charge in [0.1, 0.15) is 12.4 Å². The molecule has 33 heavy (non-hydrogen) atoms. The maximum Gasteiger partial charge on any atom is 0.306 e. The van der Waals surface area contributed by atoms with Crippen molar-refractivity contribution < 1.29 is 29.0 Å². The lowest BCUT2D eigenvalue weighted by atomic mass is 9.46. The number of Topliss-reactive ketones (excluding diaryl/α,β-unsaturated/α-hetero) is 2. The molecular formula is C26H33BrO6. The zero-order valence-electron chi connectivity index (χ0n) is 19.7. The Morgan fingerprint density at radius 2 is 1.97 bits per heavy atom. The van der Waals surface area contributed by atoms with E-state index in [2.05, 4.69) is 15.9 Å². The summed E-state index contributed by atoms with van der Waals surface area (Å²) in [6.07, 6.45) is 7.22. The van der Waals surface area contributed by atoms with Crippen LogP contribution in [0.4, 0.5) is 0 Å². The van der Waals surface area contributed by atoms with E-state index in [9.17, 15) is 24.3 Å². The molecule has 4 aliphatic carbocycles. The maximum atomic E-state index is 13.9. The van der Waals surface area contributed by atoms with Gasteiger partial charge in [0.25, 0.3) is 0 Å². The van der Waals surface area contributed by atoms with Crippen molar-refractivity contribution in [1.82, 2.24) is 0 Å². The lowest BCUT2D eigenvalue weighted by Gasteiger charge is -2.58. The third-order valence-corrected chi connectivity index (χ3v) is 10.0. The van der Waals surface area contributed by atoms with Crippen LogP contribution in [0, 0.1) is 34.5 Å². The van der Waals surface area contributed by atoms with Gasteiger partial charge in [-0.1, -0.05) is 55.3 Å². The van der Waals surface area contributed by atoms with E-state index in [0.29, 0.717) is 19.3 Å². The number of esters is 1. The summed E-state index contributed by atoms with van der Waals surface area (Å²) in [5, 5.41) is 9.91. The molecule has 1 N–H and O–H groups in total. The highest BCUT2D eigenvalue weighted by atomic mass is 79.9. The van der Waals surface area contributed by atoms with Crippen LogP contribution in [0.1, 0.15) is 59.8 Å². The van der Waals surface area contributed by atoms with Gasteiger partial charge in [-0.2, -0.15) is 0 Å². The van der Waals surface area contributed by atoms with E-state index in [0.717, 1.165) is 5.57 Å². The van der Waals surface area contributed by atoms with Crippen molar-refractivity contribution in [3.05, 3.63) is 23.8 Å². The van der Waals surface area contributed by atoms with Crippen LogP contribution in [-0.4, -0.2) is 45.5 Å². The number of rotatable bonds is 5. The minimum absolute atomic E-state index is 0.0195. The molecule has 0 bridgehead atoms. The van der Waals surface area contributed by atoms with E-state index >= 15 is 0 Å². The summed E-state index contributed by atoms with van der Waals surface area (Å²) in [5.41, 5.74) is -2.02. The molecule has 0 aliphatic heterocycles. The highest BCUT2D eigenvalue weighted by Gasteiger charge is 2.73. The Bertz CT molecular complexity index is 968. The molecule has 7 heteroatoms. The molecule has 0 radical (unpaired) electrons. The molecule has 0 saturated heterocycles. The predicted molar refractivity (Wildman–Crippen MR) is 125 cm³/mol. The molecule has 4 rings (SSSR count). The van der Waals surface area contributed by atoms with E-state index < -0.39 is 34.8 Å².